The third kappa shape index (κ3) is 2.44. The number of nitrogens with zero attached hydrogens (tertiary/aromatic N) is 4. The molecule has 0 unspecified atom stereocenters. The van der Waals surface area contributed by atoms with E-state index in [4.69, 9.17) is 0 Å². The Morgan fingerprint density at radius 1 is 1.15 bits per heavy atom. The molecule has 2 heterocycles. The number of hydrogen-bond donors (Lipinski definition) is 0. The Hall–Kier alpha value is -2.15. The van der Waals surface area contributed by atoms with Gasteiger partial charge in [0.1, 0.15) is 5.69 Å². The van der Waals surface area contributed by atoms with Crippen molar-refractivity contribution in [2.45, 2.75) is 0 Å². The lowest BCUT2D eigenvalue weighted by molar-refractivity contribution is -0.384. The minimum absolute atomic E-state index is 0.176. The van der Waals surface area contributed by atoms with E-state index in [1.807, 2.05) is 17.5 Å². The number of piperazine rings is 1. The van der Waals surface area contributed by atoms with Crippen molar-refractivity contribution >= 4 is 27.8 Å². The summed E-state index contributed by atoms with van der Waals surface area (Å²) in [7, 11) is 0. The Morgan fingerprint density at radius 2 is 1.85 bits per heavy atom. The van der Waals surface area contributed by atoms with Crippen LogP contribution >= 0.6 is 11.3 Å². The van der Waals surface area contributed by atoms with E-state index in [0.717, 1.165) is 31.3 Å². The molecule has 0 radical (unpaired) electrons. The van der Waals surface area contributed by atoms with Crippen molar-refractivity contribution in [2.75, 3.05) is 36.0 Å². The average Bonchev–Trinajstić information content (AvgIpc) is 3.02. The van der Waals surface area contributed by atoms with Crippen LogP contribution in [0.2, 0.25) is 0 Å². The molecule has 0 atom stereocenters. The maximum Gasteiger partial charge on any atom is 0.292 e. The zero-order chi connectivity index (χ0) is 13.9. The van der Waals surface area contributed by atoms with E-state index in [1.54, 1.807) is 29.7 Å². The van der Waals surface area contributed by atoms with E-state index >= 15 is 0 Å². The highest BCUT2D eigenvalue weighted by Crippen LogP contribution is 2.29. The summed E-state index contributed by atoms with van der Waals surface area (Å²) in [4.78, 5) is 19.3. The van der Waals surface area contributed by atoms with Gasteiger partial charge in [-0.3, -0.25) is 10.1 Å². The number of thiazole rings is 1. The monoisotopic (exact) mass is 290 g/mol. The van der Waals surface area contributed by atoms with Crippen LogP contribution in [0, 0.1) is 10.1 Å². The lowest BCUT2D eigenvalue weighted by Crippen LogP contribution is -2.46. The van der Waals surface area contributed by atoms with Crippen LogP contribution in [-0.4, -0.2) is 36.1 Å². The quantitative estimate of drug-likeness (QED) is 0.641. The Kier molecular flexibility index (Phi) is 3.51. The Labute approximate surface area is 120 Å². The molecule has 0 aliphatic carbocycles. The molecule has 104 valence electrons. The van der Waals surface area contributed by atoms with Crippen molar-refractivity contribution in [3.05, 3.63) is 46.0 Å². The number of anilines is 2. The van der Waals surface area contributed by atoms with E-state index < -0.39 is 0 Å². The molecule has 1 aliphatic heterocycles. The molecule has 0 spiro atoms. The van der Waals surface area contributed by atoms with Gasteiger partial charge in [-0.15, -0.1) is 11.3 Å². The first-order chi connectivity index (χ1) is 9.75. The summed E-state index contributed by atoms with van der Waals surface area (Å²) < 4.78 is 0. The van der Waals surface area contributed by atoms with Crippen molar-refractivity contribution in [1.29, 1.82) is 0 Å². The van der Waals surface area contributed by atoms with E-state index in [9.17, 15) is 10.1 Å². The fraction of sp³-hybridized carbons (Fsp3) is 0.308. The summed E-state index contributed by atoms with van der Waals surface area (Å²) in [6.07, 6.45) is 1.80. The molecule has 0 bridgehead atoms. The second-order valence-electron chi connectivity index (χ2n) is 4.53. The first-order valence-electron chi connectivity index (χ1n) is 6.38. The van der Waals surface area contributed by atoms with Crippen LogP contribution in [0.1, 0.15) is 0 Å². The second-order valence-corrected chi connectivity index (χ2v) is 5.41. The molecule has 0 amide bonds. The highest BCUT2D eigenvalue weighted by atomic mass is 32.1. The number of rotatable bonds is 3. The highest BCUT2D eigenvalue weighted by molar-refractivity contribution is 7.13. The van der Waals surface area contributed by atoms with Gasteiger partial charge in [0.05, 0.1) is 4.92 Å². The topological polar surface area (TPSA) is 62.5 Å². The van der Waals surface area contributed by atoms with Crippen molar-refractivity contribution in [2.24, 2.45) is 0 Å². The van der Waals surface area contributed by atoms with Crippen molar-refractivity contribution in [3.8, 4) is 0 Å². The van der Waals surface area contributed by atoms with Crippen LogP contribution in [0.15, 0.2) is 35.8 Å². The molecule has 1 fully saturated rings. The number of nitro groups is 1. The Balaban J connectivity index is 1.74. The van der Waals surface area contributed by atoms with Gasteiger partial charge in [-0.1, -0.05) is 12.1 Å². The van der Waals surface area contributed by atoms with E-state index in [1.165, 1.54) is 0 Å². The summed E-state index contributed by atoms with van der Waals surface area (Å²) in [6, 6.07) is 6.92. The summed E-state index contributed by atoms with van der Waals surface area (Å²) in [5.74, 6) is 0. The Bertz CT molecular complexity index is 594. The molecular formula is C13H14N4O2S. The molecule has 1 saturated heterocycles. The minimum Gasteiger partial charge on any atom is -0.362 e. The van der Waals surface area contributed by atoms with Crippen LogP contribution < -0.4 is 9.80 Å². The number of aromatic nitrogens is 1. The lowest BCUT2D eigenvalue weighted by Gasteiger charge is -2.35. The molecule has 7 heteroatoms. The maximum atomic E-state index is 11.1. The molecule has 2 aromatic rings. The minimum atomic E-state index is -0.317. The first kappa shape index (κ1) is 12.9. The summed E-state index contributed by atoms with van der Waals surface area (Å²) in [6.45, 7) is 3.20. The standard InChI is InChI=1S/C13H14N4O2S/c18-17(19)12-4-2-1-3-11(12)15-6-8-16(9-7-15)13-14-5-10-20-13/h1-5,10H,6-9H2. The van der Waals surface area contributed by atoms with Gasteiger partial charge in [0.15, 0.2) is 5.13 Å². The predicted octanol–water partition coefficient (Wildman–Crippen LogP) is 2.38. The van der Waals surface area contributed by atoms with E-state index in [-0.39, 0.29) is 10.6 Å². The largest absolute Gasteiger partial charge is 0.362 e. The predicted molar refractivity (Wildman–Crippen MR) is 79.6 cm³/mol. The maximum absolute atomic E-state index is 11.1. The fourth-order valence-corrected chi connectivity index (χ4v) is 3.09. The van der Waals surface area contributed by atoms with Crippen molar-refractivity contribution < 1.29 is 4.92 Å². The summed E-state index contributed by atoms with van der Waals surface area (Å²) in [5, 5.41) is 14.1. The van der Waals surface area contributed by atoms with Gasteiger partial charge < -0.3 is 9.80 Å². The van der Waals surface area contributed by atoms with Crippen LogP contribution in [-0.2, 0) is 0 Å². The van der Waals surface area contributed by atoms with Crippen molar-refractivity contribution in [1.82, 2.24) is 4.98 Å². The van der Waals surface area contributed by atoms with Crippen LogP contribution in [0.25, 0.3) is 0 Å². The molecule has 0 saturated carbocycles. The van der Waals surface area contributed by atoms with Gasteiger partial charge in [-0.05, 0) is 6.07 Å². The lowest BCUT2D eigenvalue weighted by atomic mass is 10.2. The van der Waals surface area contributed by atoms with E-state index in [0.29, 0.717) is 5.69 Å². The summed E-state index contributed by atoms with van der Waals surface area (Å²) in [5.41, 5.74) is 0.881. The molecule has 1 aromatic carbocycles. The fourth-order valence-electron chi connectivity index (χ4n) is 2.40. The highest BCUT2D eigenvalue weighted by Gasteiger charge is 2.23. The van der Waals surface area contributed by atoms with Crippen LogP contribution in [0.5, 0.6) is 0 Å². The van der Waals surface area contributed by atoms with Crippen molar-refractivity contribution in [3.63, 3.8) is 0 Å². The van der Waals surface area contributed by atoms with Gasteiger partial charge in [0.25, 0.3) is 5.69 Å². The SMILES string of the molecule is O=[N+]([O-])c1ccccc1N1CCN(c2nccs2)CC1. The smallest absolute Gasteiger partial charge is 0.292 e. The first-order valence-corrected chi connectivity index (χ1v) is 7.26. The molecule has 1 aliphatic rings. The zero-order valence-electron chi connectivity index (χ0n) is 10.8. The summed E-state index contributed by atoms with van der Waals surface area (Å²) >= 11 is 1.62. The van der Waals surface area contributed by atoms with Gasteiger partial charge in [0.2, 0.25) is 0 Å². The second kappa shape index (κ2) is 5.46. The molecule has 20 heavy (non-hydrogen) atoms. The van der Waals surface area contributed by atoms with Gasteiger partial charge in [-0.25, -0.2) is 4.98 Å². The Morgan fingerprint density at radius 3 is 2.50 bits per heavy atom. The number of para-hydroxylation sites is 2. The molecule has 1 aromatic heterocycles. The average molecular weight is 290 g/mol. The van der Waals surface area contributed by atoms with Crippen LogP contribution in [0.3, 0.4) is 0 Å². The molecular weight excluding hydrogens is 276 g/mol. The van der Waals surface area contributed by atoms with Gasteiger partial charge in [0, 0.05) is 43.8 Å². The molecule has 6 nitrogen and oxygen atoms in total. The van der Waals surface area contributed by atoms with Crippen LogP contribution in [0.4, 0.5) is 16.5 Å². The number of nitro benzene ring substituents is 1. The van der Waals surface area contributed by atoms with Gasteiger partial charge in [-0.2, -0.15) is 0 Å². The zero-order valence-corrected chi connectivity index (χ0v) is 11.6. The number of hydrogen-bond acceptors (Lipinski definition) is 6. The molecule has 0 N–H and O–H groups in total. The van der Waals surface area contributed by atoms with Gasteiger partial charge >= 0.3 is 0 Å². The number of benzene rings is 1. The third-order valence-corrected chi connectivity index (χ3v) is 4.22. The third-order valence-electron chi connectivity index (χ3n) is 3.39. The van der Waals surface area contributed by atoms with E-state index in [2.05, 4.69) is 14.8 Å². The molecule has 3 rings (SSSR count). The normalized spacial score (nSPS) is 15.4.